The molecule has 0 bridgehead atoms. The van der Waals surface area contributed by atoms with Crippen molar-refractivity contribution in [2.24, 2.45) is 12.9 Å². The van der Waals surface area contributed by atoms with Gasteiger partial charge in [-0.05, 0) is 31.9 Å². The molecule has 1 atom stereocenters. The molecule has 1 unspecified atom stereocenters. The van der Waals surface area contributed by atoms with Gasteiger partial charge in [0.2, 0.25) is 0 Å². The van der Waals surface area contributed by atoms with Gasteiger partial charge in [0.25, 0.3) is 0 Å². The third-order valence-electron chi connectivity index (χ3n) is 3.66. The quantitative estimate of drug-likeness (QED) is 0.673. The van der Waals surface area contributed by atoms with Crippen LogP contribution in [0.1, 0.15) is 34.1 Å². The van der Waals surface area contributed by atoms with Crippen LogP contribution in [0.25, 0.3) is 0 Å². The highest BCUT2D eigenvalue weighted by Crippen LogP contribution is 2.27. The van der Waals surface area contributed by atoms with Gasteiger partial charge in [-0.15, -0.1) is 0 Å². The fraction of sp³-hybridized carbons (Fsp3) is 0.400. The van der Waals surface area contributed by atoms with Gasteiger partial charge < -0.3 is 0 Å². The van der Waals surface area contributed by atoms with E-state index in [4.69, 9.17) is 17.4 Å². The predicted molar refractivity (Wildman–Crippen MR) is 82.6 cm³/mol. The van der Waals surface area contributed by atoms with Crippen LogP contribution in [-0.4, -0.2) is 9.78 Å². The Labute approximate surface area is 124 Å². The van der Waals surface area contributed by atoms with Crippen molar-refractivity contribution in [3.8, 4) is 0 Å². The number of aryl methyl sites for hydroxylation is 4. The molecular formula is C15H21ClN4. The molecule has 1 heterocycles. The van der Waals surface area contributed by atoms with Crippen molar-refractivity contribution < 1.29 is 0 Å². The van der Waals surface area contributed by atoms with E-state index in [2.05, 4.69) is 42.6 Å². The molecule has 3 N–H and O–H groups in total. The van der Waals surface area contributed by atoms with E-state index in [0.717, 1.165) is 16.4 Å². The smallest absolute Gasteiger partial charge is 0.0847 e. The number of hydrazine groups is 1. The van der Waals surface area contributed by atoms with Crippen molar-refractivity contribution in [1.29, 1.82) is 0 Å². The van der Waals surface area contributed by atoms with E-state index >= 15 is 0 Å². The predicted octanol–water partition coefficient (Wildman–Crippen LogP) is 2.75. The average molecular weight is 293 g/mol. The third kappa shape index (κ3) is 2.87. The van der Waals surface area contributed by atoms with Crippen LogP contribution >= 0.6 is 11.6 Å². The molecule has 0 radical (unpaired) electrons. The first-order valence-corrected chi connectivity index (χ1v) is 7.03. The van der Waals surface area contributed by atoms with Crippen molar-refractivity contribution in [3.63, 3.8) is 0 Å². The van der Waals surface area contributed by atoms with E-state index in [1.165, 1.54) is 16.7 Å². The lowest BCUT2D eigenvalue weighted by atomic mass is 9.96. The molecule has 2 rings (SSSR count). The first-order valence-electron chi connectivity index (χ1n) is 6.65. The summed E-state index contributed by atoms with van der Waals surface area (Å²) >= 11 is 6.32. The standard InChI is InChI=1S/C15H21ClN4/c1-9-5-6-12(10(2)7-9)13(18-17)8-14-15(16)11(3)19-20(14)4/h5-7,13,18H,8,17H2,1-4H3. The molecule has 108 valence electrons. The Morgan fingerprint density at radius 3 is 2.55 bits per heavy atom. The zero-order chi connectivity index (χ0) is 14.9. The number of hydrogen-bond donors (Lipinski definition) is 2. The monoisotopic (exact) mass is 292 g/mol. The Bertz CT molecular complexity index is 619. The third-order valence-corrected chi connectivity index (χ3v) is 4.15. The largest absolute Gasteiger partial charge is 0.271 e. The summed E-state index contributed by atoms with van der Waals surface area (Å²) in [6.07, 6.45) is 0.705. The van der Waals surface area contributed by atoms with Crippen molar-refractivity contribution in [3.05, 3.63) is 51.3 Å². The van der Waals surface area contributed by atoms with Gasteiger partial charge in [0.15, 0.2) is 0 Å². The first kappa shape index (κ1) is 15.0. The van der Waals surface area contributed by atoms with E-state index in [1.807, 2.05) is 18.7 Å². The molecule has 5 heteroatoms. The van der Waals surface area contributed by atoms with Crippen LogP contribution in [0.15, 0.2) is 18.2 Å². The van der Waals surface area contributed by atoms with E-state index in [1.54, 1.807) is 0 Å². The van der Waals surface area contributed by atoms with Crippen LogP contribution < -0.4 is 11.3 Å². The molecule has 0 aliphatic heterocycles. The van der Waals surface area contributed by atoms with Crippen molar-refractivity contribution >= 4 is 11.6 Å². The second kappa shape index (κ2) is 5.95. The Balaban J connectivity index is 2.33. The van der Waals surface area contributed by atoms with Gasteiger partial charge in [-0.25, -0.2) is 0 Å². The number of nitrogens with two attached hydrogens (primary N) is 1. The van der Waals surface area contributed by atoms with E-state index < -0.39 is 0 Å². The summed E-state index contributed by atoms with van der Waals surface area (Å²) < 4.78 is 1.82. The molecule has 0 fully saturated rings. The fourth-order valence-corrected chi connectivity index (χ4v) is 2.81. The van der Waals surface area contributed by atoms with Crippen LogP contribution in [0.3, 0.4) is 0 Å². The van der Waals surface area contributed by atoms with Crippen LogP contribution in [0.2, 0.25) is 5.02 Å². The van der Waals surface area contributed by atoms with E-state index in [9.17, 15) is 0 Å². The molecule has 1 aromatic heterocycles. The van der Waals surface area contributed by atoms with E-state index in [0.29, 0.717) is 6.42 Å². The highest BCUT2D eigenvalue weighted by Gasteiger charge is 2.18. The molecule has 20 heavy (non-hydrogen) atoms. The number of rotatable bonds is 4. The second-order valence-corrected chi connectivity index (χ2v) is 5.63. The van der Waals surface area contributed by atoms with Gasteiger partial charge in [-0.3, -0.25) is 16.0 Å². The number of nitrogens with one attached hydrogen (secondary N) is 1. The highest BCUT2D eigenvalue weighted by molar-refractivity contribution is 6.31. The topological polar surface area (TPSA) is 55.9 Å². The molecule has 1 aromatic carbocycles. The lowest BCUT2D eigenvalue weighted by Gasteiger charge is -2.19. The Kier molecular flexibility index (Phi) is 4.48. The minimum atomic E-state index is 0.0166. The maximum atomic E-state index is 6.32. The normalized spacial score (nSPS) is 12.7. The minimum Gasteiger partial charge on any atom is -0.271 e. The second-order valence-electron chi connectivity index (χ2n) is 5.25. The zero-order valence-electron chi connectivity index (χ0n) is 12.4. The molecule has 0 spiro atoms. The Morgan fingerprint density at radius 2 is 2.05 bits per heavy atom. The molecule has 0 aliphatic carbocycles. The van der Waals surface area contributed by atoms with Gasteiger partial charge in [0.1, 0.15) is 0 Å². The number of nitrogens with zero attached hydrogens (tertiary/aromatic N) is 2. The van der Waals surface area contributed by atoms with E-state index in [-0.39, 0.29) is 6.04 Å². The number of benzene rings is 1. The van der Waals surface area contributed by atoms with Crippen LogP contribution in [0.4, 0.5) is 0 Å². The zero-order valence-corrected chi connectivity index (χ0v) is 13.1. The van der Waals surface area contributed by atoms with Gasteiger partial charge in [0.05, 0.1) is 22.5 Å². The summed E-state index contributed by atoms with van der Waals surface area (Å²) in [6, 6.07) is 6.40. The van der Waals surface area contributed by atoms with Crippen LogP contribution in [-0.2, 0) is 13.5 Å². The molecule has 2 aromatic rings. The van der Waals surface area contributed by atoms with Gasteiger partial charge >= 0.3 is 0 Å². The molecule has 0 saturated carbocycles. The number of aromatic nitrogens is 2. The Morgan fingerprint density at radius 1 is 1.35 bits per heavy atom. The SMILES string of the molecule is Cc1ccc(C(Cc2c(Cl)c(C)nn2C)NN)c(C)c1. The van der Waals surface area contributed by atoms with Gasteiger partial charge in [-0.1, -0.05) is 35.4 Å². The molecular weight excluding hydrogens is 272 g/mol. The van der Waals surface area contributed by atoms with Crippen molar-refractivity contribution in [1.82, 2.24) is 15.2 Å². The first-order chi connectivity index (χ1) is 9.43. The summed E-state index contributed by atoms with van der Waals surface area (Å²) in [4.78, 5) is 0. The maximum absolute atomic E-state index is 6.32. The lowest BCUT2D eigenvalue weighted by molar-refractivity contribution is 0.528. The number of hydrogen-bond acceptors (Lipinski definition) is 3. The van der Waals surface area contributed by atoms with Crippen LogP contribution in [0, 0.1) is 20.8 Å². The number of halogens is 1. The van der Waals surface area contributed by atoms with Crippen LogP contribution in [0.5, 0.6) is 0 Å². The molecule has 4 nitrogen and oxygen atoms in total. The molecule has 0 amide bonds. The maximum Gasteiger partial charge on any atom is 0.0847 e. The highest BCUT2D eigenvalue weighted by atomic mass is 35.5. The summed E-state index contributed by atoms with van der Waals surface area (Å²) in [5, 5.41) is 5.06. The average Bonchev–Trinajstić information content (AvgIpc) is 2.62. The lowest BCUT2D eigenvalue weighted by Crippen LogP contribution is -2.30. The molecule has 0 saturated heterocycles. The summed E-state index contributed by atoms with van der Waals surface area (Å²) in [5.41, 5.74) is 8.39. The summed E-state index contributed by atoms with van der Waals surface area (Å²) in [6.45, 7) is 6.10. The van der Waals surface area contributed by atoms with Gasteiger partial charge in [0, 0.05) is 13.5 Å². The van der Waals surface area contributed by atoms with Crippen molar-refractivity contribution in [2.45, 2.75) is 33.2 Å². The minimum absolute atomic E-state index is 0.0166. The van der Waals surface area contributed by atoms with Crippen molar-refractivity contribution in [2.75, 3.05) is 0 Å². The van der Waals surface area contributed by atoms with Gasteiger partial charge in [-0.2, -0.15) is 5.10 Å². The fourth-order valence-electron chi connectivity index (χ4n) is 2.57. The summed E-state index contributed by atoms with van der Waals surface area (Å²) in [7, 11) is 1.91. The molecule has 0 aliphatic rings. The summed E-state index contributed by atoms with van der Waals surface area (Å²) in [5.74, 6) is 5.74. The Hall–Kier alpha value is -1.36.